The molecule has 4 aromatic rings. The standard InChI is InChI=1S/C21H23N3O3/c1-11(2)9-15-17-20(24(23-21(17)26)12-5-3-4-6-12)22-18-14-8-7-13(25)10-16(14)27-19(15)18/h7-8,10-12,22H,3-6,9H2,1-2H3,(H,23,26). The topological polar surface area (TPSA) is 83.8 Å². The van der Waals surface area contributed by atoms with Gasteiger partial charge in [0, 0.05) is 17.0 Å². The van der Waals surface area contributed by atoms with E-state index in [0.717, 1.165) is 41.4 Å². The van der Waals surface area contributed by atoms with E-state index in [2.05, 4.69) is 23.9 Å². The van der Waals surface area contributed by atoms with Crippen LogP contribution in [-0.4, -0.2) is 14.8 Å². The summed E-state index contributed by atoms with van der Waals surface area (Å²) in [4.78, 5) is 28.1. The lowest BCUT2D eigenvalue weighted by molar-refractivity contribution is 0.476. The van der Waals surface area contributed by atoms with E-state index in [0.29, 0.717) is 28.5 Å². The molecular formula is C21H23N3O3. The zero-order valence-electron chi connectivity index (χ0n) is 15.6. The summed E-state index contributed by atoms with van der Waals surface area (Å²) >= 11 is 0. The fourth-order valence-corrected chi connectivity index (χ4v) is 4.54. The van der Waals surface area contributed by atoms with Crippen LogP contribution in [0, 0.1) is 5.92 Å². The molecule has 0 spiro atoms. The molecule has 6 nitrogen and oxygen atoms in total. The van der Waals surface area contributed by atoms with Gasteiger partial charge in [-0.2, -0.15) is 0 Å². The molecular weight excluding hydrogens is 342 g/mol. The maximum Gasteiger partial charge on any atom is 0.274 e. The smallest absolute Gasteiger partial charge is 0.274 e. The molecule has 3 aromatic heterocycles. The second-order valence-electron chi connectivity index (χ2n) is 8.14. The van der Waals surface area contributed by atoms with Crippen molar-refractivity contribution in [3.8, 4) is 0 Å². The normalized spacial score (nSPS) is 15.8. The van der Waals surface area contributed by atoms with Crippen molar-refractivity contribution >= 4 is 33.1 Å². The molecule has 0 bridgehead atoms. The Bertz CT molecular complexity index is 1280. The first-order valence-electron chi connectivity index (χ1n) is 9.74. The predicted molar refractivity (Wildman–Crippen MR) is 107 cm³/mol. The number of benzene rings is 1. The largest absolute Gasteiger partial charge is 0.454 e. The first-order chi connectivity index (χ1) is 13.0. The number of furan rings is 1. The van der Waals surface area contributed by atoms with Crippen LogP contribution in [0.1, 0.15) is 51.1 Å². The maximum absolute atomic E-state index is 12.9. The molecule has 6 heteroatoms. The average Bonchev–Trinajstić information content (AvgIpc) is 3.32. The minimum Gasteiger partial charge on any atom is -0.454 e. The van der Waals surface area contributed by atoms with Gasteiger partial charge in [-0.05, 0) is 37.3 Å². The Balaban J connectivity index is 1.93. The molecule has 0 amide bonds. The van der Waals surface area contributed by atoms with Gasteiger partial charge in [0.1, 0.15) is 11.2 Å². The van der Waals surface area contributed by atoms with Crippen LogP contribution in [0.5, 0.6) is 0 Å². The Labute approximate surface area is 155 Å². The quantitative estimate of drug-likeness (QED) is 0.570. The lowest BCUT2D eigenvalue weighted by Crippen LogP contribution is -2.10. The predicted octanol–water partition coefficient (Wildman–Crippen LogP) is 4.23. The van der Waals surface area contributed by atoms with Crippen molar-refractivity contribution in [2.45, 2.75) is 52.0 Å². The Hall–Kier alpha value is -2.76. The highest BCUT2D eigenvalue weighted by atomic mass is 16.3. The van der Waals surface area contributed by atoms with Crippen LogP contribution in [0.25, 0.3) is 33.1 Å². The molecule has 0 atom stereocenters. The first kappa shape index (κ1) is 16.4. The van der Waals surface area contributed by atoms with Crippen LogP contribution in [-0.2, 0) is 6.42 Å². The molecule has 0 saturated heterocycles. The van der Waals surface area contributed by atoms with E-state index in [1.807, 2.05) is 4.68 Å². The number of fused-ring (bicyclic) bond motifs is 4. The van der Waals surface area contributed by atoms with E-state index in [1.54, 1.807) is 12.1 Å². The van der Waals surface area contributed by atoms with Crippen molar-refractivity contribution in [3.63, 3.8) is 0 Å². The minimum atomic E-state index is -0.0789. The number of nitrogens with one attached hydrogen (secondary N) is 2. The van der Waals surface area contributed by atoms with E-state index < -0.39 is 0 Å². The lowest BCUT2D eigenvalue weighted by atomic mass is 10.00. The summed E-state index contributed by atoms with van der Waals surface area (Å²) in [6.45, 7) is 4.27. The SMILES string of the molecule is CC(C)Cc1c2oc3cc(=O)ccc3c2[nH]c2c1c(=O)[nH]n2C1CCCC1. The van der Waals surface area contributed by atoms with Crippen molar-refractivity contribution in [1.29, 1.82) is 0 Å². The molecule has 1 aliphatic rings. The van der Waals surface area contributed by atoms with Crippen LogP contribution in [0.2, 0.25) is 0 Å². The fraction of sp³-hybridized carbons (Fsp3) is 0.429. The molecule has 0 aliphatic heterocycles. The molecule has 0 unspecified atom stereocenters. The minimum absolute atomic E-state index is 0.0735. The van der Waals surface area contributed by atoms with Gasteiger partial charge < -0.3 is 9.40 Å². The molecule has 0 radical (unpaired) electrons. The van der Waals surface area contributed by atoms with Crippen LogP contribution in [0.3, 0.4) is 0 Å². The molecule has 5 rings (SSSR count). The number of nitrogens with zero attached hydrogens (tertiary/aromatic N) is 1. The van der Waals surface area contributed by atoms with Crippen LogP contribution < -0.4 is 11.0 Å². The van der Waals surface area contributed by atoms with E-state index >= 15 is 0 Å². The third-order valence-corrected chi connectivity index (χ3v) is 5.71. The summed E-state index contributed by atoms with van der Waals surface area (Å²) in [5, 5.41) is 4.63. The molecule has 1 aromatic carbocycles. The van der Waals surface area contributed by atoms with Gasteiger partial charge in [0.15, 0.2) is 11.0 Å². The van der Waals surface area contributed by atoms with Crippen molar-refractivity contribution < 1.29 is 4.42 Å². The maximum atomic E-state index is 12.9. The molecule has 1 fully saturated rings. The Kier molecular flexibility index (Phi) is 3.57. The number of pyridine rings is 1. The second kappa shape index (κ2) is 5.87. The molecule has 3 heterocycles. The van der Waals surface area contributed by atoms with Gasteiger partial charge in [0.25, 0.3) is 5.56 Å². The Morgan fingerprint density at radius 1 is 1.22 bits per heavy atom. The average molecular weight is 365 g/mol. The second-order valence-corrected chi connectivity index (χ2v) is 8.14. The summed E-state index contributed by atoms with van der Waals surface area (Å²) < 4.78 is 8.09. The fourth-order valence-electron chi connectivity index (χ4n) is 4.54. The van der Waals surface area contributed by atoms with Gasteiger partial charge in [0.2, 0.25) is 0 Å². The van der Waals surface area contributed by atoms with Gasteiger partial charge in [-0.3, -0.25) is 19.4 Å². The van der Waals surface area contributed by atoms with E-state index in [4.69, 9.17) is 4.42 Å². The van der Waals surface area contributed by atoms with Crippen LogP contribution in [0.15, 0.2) is 32.2 Å². The van der Waals surface area contributed by atoms with E-state index in [-0.39, 0.29) is 11.0 Å². The van der Waals surface area contributed by atoms with Crippen LogP contribution >= 0.6 is 0 Å². The molecule has 1 saturated carbocycles. The van der Waals surface area contributed by atoms with E-state index in [1.165, 1.54) is 18.9 Å². The molecule has 140 valence electrons. The monoisotopic (exact) mass is 365 g/mol. The summed E-state index contributed by atoms with van der Waals surface area (Å²) in [6, 6.07) is 5.19. The van der Waals surface area contributed by atoms with E-state index in [9.17, 15) is 9.59 Å². The highest BCUT2D eigenvalue weighted by Gasteiger charge is 2.25. The Morgan fingerprint density at radius 2 is 2.00 bits per heavy atom. The zero-order chi connectivity index (χ0) is 18.7. The van der Waals surface area contributed by atoms with Crippen molar-refractivity contribution in [2.75, 3.05) is 0 Å². The molecule has 27 heavy (non-hydrogen) atoms. The molecule has 2 N–H and O–H groups in total. The highest BCUT2D eigenvalue weighted by molar-refractivity contribution is 6.07. The van der Waals surface area contributed by atoms with Crippen molar-refractivity contribution in [3.05, 3.63) is 44.3 Å². The highest BCUT2D eigenvalue weighted by Crippen LogP contribution is 2.36. The van der Waals surface area contributed by atoms with Gasteiger partial charge in [0.05, 0.1) is 16.9 Å². The Morgan fingerprint density at radius 3 is 2.74 bits per heavy atom. The number of rotatable bonds is 3. The van der Waals surface area contributed by atoms with Gasteiger partial charge >= 0.3 is 0 Å². The number of aromatic nitrogens is 3. The lowest BCUT2D eigenvalue weighted by Gasteiger charge is -2.13. The summed E-state index contributed by atoms with van der Waals surface area (Å²) in [6.07, 6.45) is 5.28. The summed E-state index contributed by atoms with van der Waals surface area (Å²) in [7, 11) is 0. The van der Waals surface area contributed by atoms with Crippen molar-refractivity contribution in [2.24, 2.45) is 5.92 Å². The van der Waals surface area contributed by atoms with Crippen LogP contribution in [0.4, 0.5) is 0 Å². The number of hydrogen-bond donors (Lipinski definition) is 2. The first-order valence-corrected chi connectivity index (χ1v) is 9.74. The van der Waals surface area contributed by atoms with Gasteiger partial charge in [-0.1, -0.05) is 26.7 Å². The van der Waals surface area contributed by atoms with Crippen molar-refractivity contribution in [1.82, 2.24) is 14.8 Å². The summed E-state index contributed by atoms with van der Waals surface area (Å²) in [5.74, 6) is 0.372. The zero-order valence-corrected chi connectivity index (χ0v) is 15.6. The summed E-state index contributed by atoms with van der Waals surface area (Å²) in [5.41, 5.74) is 3.72. The third kappa shape index (κ3) is 2.46. The van der Waals surface area contributed by atoms with Gasteiger partial charge in [-0.15, -0.1) is 0 Å². The number of hydrogen-bond acceptors (Lipinski definition) is 3. The number of H-pyrrole nitrogens is 2. The molecule has 1 aliphatic carbocycles. The van der Waals surface area contributed by atoms with Gasteiger partial charge in [-0.25, -0.2) is 0 Å². The number of aromatic amines is 2. The third-order valence-electron chi connectivity index (χ3n) is 5.71.